The summed E-state index contributed by atoms with van der Waals surface area (Å²) in [5, 5.41) is 6.31. The lowest BCUT2D eigenvalue weighted by molar-refractivity contribution is -0.122. The van der Waals surface area contributed by atoms with Crippen LogP contribution in [0.3, 0.4) is 0 Å². The van der Waals surface area contributed by atoms with Gasteiger partial charge in [-0.2, -0.15) is 0 Å². The molecule has 1 unspecified atom stereocenters. The number of hydrogen-bond acceptors (Lipinski definition) is 2. The van der Waals surface area contributed by atoms with Crippen molar-refractivity contribution in [3.63, 3.8) is 0 Å². The predicted octanol–water partition coefficient (Wildman–Crippen LogP) is 2.82. The highest BCUT2D eigenvalue weighted by atomic mass is 16.1. The van der Waals surface area contributed by atoms with Gasteiger partial charge in [-0.25, -0.2) is 0 Å². The van der Waals surface area contributed by atoms with Crippen molar-refractivity contribution in [3.05, 3.63) is 65.2 Å². The van der Waals surface area contributed by atoms with Gasteiger partial charge >= 0.3 is 0 Å². The minimum Gasteiger partial charge on any atom is -0.384 e. The normalized spacial score (nSPS) is 16.4. The molecule has 0 spiro atoms. The Labute approximate surface area is 119 Å². The Morgan fingerprint density at radius 3 is 2.95 bits per heavy atom. The lowest BCUT2D eigenvalue weighted by Gasteiger charge is -2.11. The average molecular weight is 266 g/mol. The molecule has 0 aromatic heterocycles. The fourth-order valence-electron chi connectivity index (χ4n) is 2.65. The van der Waals surface area contributed by atoms with Crippen LogP contribution >= 0.6 is 0 Å². The van der Waals surface area contributed by atoms with Gasteiger partial charge in [0.15, 0.2) is 0 Å². The van der Waals surface area contributed by atoms with Crippen molar-refractivity contribution >= 4 is 11.6 Å². The van der Waals surface area contributed by atoms with Gasteiger partial charge in [0.1, 0.15) is 0 Å². The molecule has 3 nitrogen and oxygen atoms in total. The number of hydrogen-bond donors (Lipinski definition) is 2. The fourth-order valence-corrected chi connectivity index (χ4v) is 2.65. The van der Waals surface area contributed by atoms with Crippen molar-refractivity contribution in [1.29, 1.82) is 0 Å². The van der Waals surface area contributed by atoms with E-state index in [1.165, 1.54) is 5.56 Å². The third kappa shape index (κ3) is 2.52. The van der Waals surface area contributed by atoms with Gasteiger partial charge in [-0.3, -0.25) is 4.79 Å². The largest absolute Gasteiger partial charge is 0.384 e. The maximum Gasteiger partial charge on any atom is 0.229 e. The van der Waals surface area contributed by atoms with Crippen LogP contribution in [0.2, 0.25) is 0 Å². The third-order valence-corrected chi connectivity index (χ3v) is 3.70. The number of aryl methyl sites for hydroxylation is 1. The van der Waals surface area contributed by atoms with E-state index in [0.29, 0.717) is 13.1 Å². The van der Waals surface area contributed by atoms with Gasteiger partial charge in [0.05, 0.1) is 5.92 Å². The molecule has 3 heteroatoms. The first kappa shape index (κ1) is 12.7. The van der Waals surface area contributed by atoms with E-state index < -0.39 is 0 Å². The quantitative estimate of drug-likeness (QED) is 0.897. The summed E-state index contributed by atoms with van der Waals surface area (Å²) in [6, 6.07) is 16.2. The molecule has 1 atom stereocenters. The number of para-hydroxylation sites is 1. The van der Waals surface area contributed by atoms with Gasteiger partial charge in [-0.15, -0.1) is 0 Å². The highest BCUT2D eigenvalue weighted by Gasteiger charge is 2.27. The third-order valence-electron chi connectivity index (χ3n) is 3.70. The van der Waals surface area contributed by atoms with Crippen LogP contribution in [0.1, 0.15) is 22.6 Å². The first-order chi connectivity index (χ1) is 9.74. The number of amides is 1. The van der Waals surface area contributed by atoms with Crippen LogP contribution in [0.15, 0.2) is 48.5 Å². The standard InChI is InChI=1S/C17H18N2O/c1-12-5-4-6-13(9-12)10-19-17(20)15-11-18-16-8-3-2-7-14(15)16/h2-9,15,18H,10-11H2,1H3,(H,19,20). The van der Waals surface area contributed by atoms with Crippen molar-refractivity contribution in [2.75, 3.05) is 11.9 Å². The Bertz CT molecular complexity index is 636. The van der Waals surface area contributed by atoms with E-state index in [0.717, 1.165) is 16.8 Å². The summed E-state index contributed by atoms with van der Waals surface area (Å²) in [5.74, 6) is -0.0000321. The van der Waals surface area contributed by atoms with Crippen LogP contribution in [0.25, 0.3) is 0 Å². The van der Waals surface area contributed by atoms with Crippen molar-refractivity contribution in [2.24, 2.45) is 0 Å². The zero-order valence-electron chi connectivity index (χ0n) is 11.5. The number of carbonyl (C=O) groups excluding carboxylic acids is 1. The van der Waals surface area contributed by atoms with E-state index in [1.807, 2.05) is 36.4 Å². The second-order valence-electron chi connectivity index (χ2n) is 5.23. The smallest absolute Gasteiger partial charge is 0.229 e. The van der Waals surface area contributed by atoms with E-state index in [4.69, 9.17) is 0 Å². The summed E-state index contributed by atoms with van der Waals surface area (Å²) in [6.45, 7) is 3.32. The van der Waals surface area contributed by atoms with Crippen LogP contribution in [-0.4, -0.2) is 12.5 Å². The zero-order valence-corrected chi connectivity index (χ0v) is 11.5. The Morgan fingerprint density at radius 2 is 2.10 bits per heavy atom. The Kier molecular flexibility index (Phi) is 3.42. The molecule has 1 heterocycles. The van der Waals surface area contributed by atoms with E-state index in [-0.39, 0.29) is 11.8 Å². The molecule has 1 aliphatic heterocycles. The van der Waals surface area contributed by atoms with Gasteiger partial charge in [-0.05, 0) is 24.1 Å². The molecule has 0 saturated heterocycles. The fraction of sp³-hybridized carbons (Fsp3) is 0.235. The van der Waals surface area contributed by atoms with Crippen LogP contribution in [0, 0.1) is 6.92 Å². The number of fused-ring (bicyclic) bond motifs is 1. The molecule has 0 saturated carbocycles. The summed E-state index contributed by atoms with van der Waals surface area (Å²) in [4.78, 5) is 12.3. The molecule has 2 aromatic rings. The lowest BCUT2D eigenvalue weighted by Crippen LogP contribution is -2.29. The molecular formula is C17H18N2O. The van der Waals surface area contributed by atoms with Crippen LogP contribution in [-0.2, 0) is 11.3 Å². The molecule has 2 aromatic carbocycles. The lowest BCUT2D eigenvalue weighted by atomic mass is 10.0. The second-order valence-corrected chi connectivity index (χ2v) is 5.23. The molecule has 1 aliphatic rings. The summed E-state index contributed by atoms with van der Waals surface area (Å²) < 4.78 is 0. The van der Waals surface area contributed by atoms with E-state index in [9.17, 15) is 4.79 Å². The van der Waals surface area contributed by atoms with Gasteiger partial charge in [0.2, 0.25) is 5.91 Å². The van der Waals surface area contributed by atoms with E-state index >= 15 is 0 Å². The monoisotopic (exact) mass is 266 g/mol. The van der Waals surface area contributed by atoms with Crippen LogP contribution in [0.4, 0.5) is 5.69 Å². The molecule has 0 radical (unpaired) electrons. The second kappa shape index (κ2) is 5.37. The topological polar surface area (TPSA) is 41.1 Å². The van der Waals surface area contributed by atoms with Crippen LogP contribution < -0.4 is 10.6 Å². The zero-order chi connectivity index (χ0) is 13.9. The van der Waals surface area contributed by atoms with Gasteiger partial charge in [0, 0.05) is 18.8 Å². The molecule has 0 aliphatic carbocycles. The maximum atomic E-state index is 12.3. The van der Waals surface area contributed by atoms with Crippen molar-refractivity contribution in [2.45, 2.75) is 19.4 Å². The molecule has 1 amide bonds. The molecular weight excluding hydrogens is 248 g/mol. The average Bonchev–Trinajstić information content (AvgIpc) is 2.89. The number of rotatable bonds is 3. The molecule has 0 bridgehead atoms. The SMILES string of the molecule is Cc1cccc(CNC(=O)C2CNc3ccccc32)c1. The summed E-state index contributed by atoms with van der Waals surface area (Å²) in [7, 11) is 0. The van der Waals surface area contributed by atoms with Crippen molar-refractivity contribution in [1.82, 2.24) is 5.32 Å². The molecule has 3 rings (SSSR count). The first-order valence-corrected chi connectivity index (χ1v) is 6.90. The summed E-state index contributed by atoms with van der Waals surface area (Å²) in [5.41, 5.74) is 4.51. The predicted molar refractivity (Wildman–Crippen MR) is 80.7 cm³/mol. The Balaban J connectivity index is 1.66. The first-order valence-electron chi connectivity index (χ1n) is 6.90. The van der Waals surface area contributed by atoms with Crippen LogP contribution in [0.5, 0.6) is 0 Å². The summed E-state index contributed by atoms with van der Waals surface area (Å²) in [6.07, 6.45) is 0. The number of nitrogens with one attached hydrogen (secondary N) is 2. The van der Waals surface area contributed by atoms with Crippen molar-refractivity contribution in [3.8, 4) is 0 Å². The van der Waals surface area contributed by atoms with Crippen molar-refractivity contribution < 1.29 is 4.79 Å². The van der Waals surface area contributed by atoms with E-state index in [1.54, 1.807) is 0 Å². The molecule has 2 N–H and O–H groups in total. The Morgan fingerprint density at radius 1 is 1.25 bits per heavy atom. The maximum absolute atomic E-state index is 12.3. The minimum atomic E-state index is -0.0870. The molecule has 20 heavy (non-hydrogen) atoms. The van der Waals surface area contributed by atoms with Gasteiger partial charge in [-0.1, -0.05) is 48.0 Å². The number of anilines is 1. The molecule has 102 valence electrons. The number of carbonyl (C=O) groups is 1. The van der Waals surface area contributed by atoms with E-state index in [2.05, 4.69) is 29.7 Å². The number of benzene rings is 2. The molecule has 0 fully saturated rings. The highest BCUT2D eigenvalue weighted by Crippen LogP contribution is 2.30. The minimum absolute atomic E-state index is 0.0870. The Hall–Kier alpha value is -2.29. The van der Waals surface area contributed by atoms with Gasteiger partial charge < -0.3 is 10.6 Å². The van der Waals surface area contributed by atoms with Gasteiger partial charge in [0.25, 0.3) is 0 Å². The highest BCUT2D eigenvalue weighted by molar-refractivity contribution is 5.88. The summed E-state index contributed by atoms with van der Waals surface area (Å²) >= 11 is 0.